The molecule has 128 valence electrons. The smallest absolute Gasteiger partial charge is 0.266 e. The van der Waals surface area contributed by atoms with Crippen molar-refractivity contribution in [2.45, 2.75) is 26.3 Å². The topological polar surface area (TPSA) is 73.2 Å². The van der Waals surface area contributed by atoms with Crippen LogP contribution in [0.2, 0.25) is 0 Å². The van der Waals surface area contributed by atoms with E-state index in [0.29, 0.717) is 13.2 Å². The number of rotatable bonds is 8. The van der Waals surface area contributed by atoms with E-state index in [1.54, 1.807) is 13.2 Å². The largest absolute Gasteiger partial charge is 0.385 e. The lowest BCUT2D eigenvalue weighted by molar-refractivity contribution is -0.121. The molecule has 1 amide bonds. The first-order chi connectivity index (χ1) is 11.6. The fourth-order valence-electron chi connectivity index (χ4n) is 2.23. The number of amides is 1. The third-order valence-corrected chi connectivity index (χ3v) is 3.61. The van der Waals surface area contributed by atoms with Gasteiger partial charge in [-0.05, 0) is 19.4 Å². The van der Waals surface area contributed by atoms with Crippen LogP contribution >= 0.6 is 0 Å². The molecule has 0 unspecified atom stereocenters. The maximum atomic E-state index is 11.9. The molecule has 0 bridgehead atoms. The molecule has 1 aromatic heterocycles. The quantitative estimate of drug-likeness (QED) is 0.749. The molecule has 24 heavy (non-hydrogen) atoms. The highest BCUT2D eigenvalue weighted by atomic mass is 16.5. The second kappa shape index (κ2) is 8.98. The summed E-state index contributed by atoms with van der Waals surface area (Å²) < 4.78 is 6.26. The molecule has 1 aromatic carbocycles. The van der Waals surface area contributed by atoms with Crippen molar-refractivity contribution in [3.05, 3.63) is 52.3 Å². The summed E-state index contributed by atoms with van der Waals surface area (Å²) in [6.45, 7) is 3.45. The SMILES string of the molecule is COCCCNC(=O)CCn1nc(-c2ccc(C)cc2)ccc1=O. The number of methoxy groups -OCH3 is 1. The van der Waals surface area contributed by atoms with Crippen molar-refractivity contribution in [2.75, 3.05) is 20.3 Å². The van der Waals surface area contributed by atoms with E-state index in [1.165, 1.54) is 10.7 Å². The van der Waals surface area contributed by atoms with Gasteiger partial charge in [-0.1, -0.05) is 29.8 Å². The Morgan fingerprint density at radius 1 is 1.21 bits per heavy atom. The Balaban J connectivity index is 1.97. The molecule has 0 spiro atoms. The molecule has 0 aliphatic heterocycles. The van der Waals surface area contributed by atoms with Crippen LogP contribution in [-0.4, -0.2) is 35.9 Å². The van der Waals surface area contributed by atoms with Crippen molar-refractivity contribution in [1.29, 1.82) is 0 Å². The Kier molecular flexibility index (Phi) is 6.69. The number of benzene rings is 1. The van der Waals surface area contributed by atoms with E-state index >= 15 is 0 Å². The summed E-state index contributed by atoms with van der Waals surface area (Å²) in [5, 5.41) is 7.16. The summed E-state index contributed by atoms with van der Waals surface area (Å²) >= 11 is 0. The van der Waals surface area contributed by atoms with Crippen molar-refractivity contribution in [3.63, 3.8) is 0 Å². The van der Waals surface area contributed by atoms with Crippen molar-refractivity contribution in [1.82, 2.24) is 15.1 Å². The lowest BCUT2D eigenvalue weighted by Crippen LogP contribution is -2.29. The summed E-state index contributed by atoms with van der Waals surface area (Å²) in [6, 6.07) is 11.1. The molecule has 2 rings (SSSR count). The number of hydrogen-bond donors (Lipinski definition) is 1. The number of aromatic nitrogens is 2. The molecule has 0 aliphatic carbocycles. The van der Waals surface area contributed by atoms with Crippen LogP contribution in [0.1, 0.15) is 18.4 Å². The van der Waals surface area contributed by atoms with Gasteiger partial charge in [0.25, 0.3) is 5.56 Å². The zero-order valence-electron chi connectivity index (χ0n) is 14.1. The molecular weight excluding hydrogens is 306 g/mol. The van der Waals surface area contributed by atoms with Gasteiger partial charge in [0, 0.05) is 38.3 Å². The first-order valence-electron chi connectivity index (χ1n) is 8.01. The van der Waals surface area contributed by atoms with E-state index in [-0.39, 0.29) is 24.4 Å². The van der Waals surface area contributed by atoms with Gasteiger partial charge in [-0.25, -0.2) is 4.68 Å². The first-order valence-corrected chi connectivity index (χ1v) is 8.01. The van der Waals surface area contributed by atoms with E-state index in [1.807, 2.05) is 31.2 Å². The van der Waals surface area contributed by atoms with E-state index in [4.69, 9.17) is 4.74 Å². The van der Waals surface area contributed by atoms with Crippen LogP contribution in [0.4, 0.5) is 0 Å². The van der Waals surface area contributed by atoms with Crippen LogP contribution < -0.4 is 10.9 Å². The molecule has 1 N–H and O–H groups in total. The molecule has 1 heterocycles. The summed E-state index contributed by atoms with van der Waals surface area (Å²) in [6.07, 6.45) is 0.987. The number of hydrogen-bond acceptors (Lipinski definition) is 4. The molecule has 0 radical (unpaired) electrons. The second-order valence-corrected chi connectivity index (χ2v) is 5.59. The standard InChI is InChI=1S/C18H23N3O3/c1-14-4-6-15(7-5-14)16-8-9-18(23)21(20-16)12-10-17(22)19-11-3-13-24-2/h4-9H,3,10-13H2,1-2H3,(H,19,22). The Hall–Kier alpha value is -2.47. The molecule has 6 heteroatoms. The fourth-order valence-corrected chi connectivity index (χ4v) is 2.23. The summed E-state index contributed by atoms with van der Waals surface area (Å²) in [4.78, 5) is 23.7. The minimum atomic E-state index is -0.210. The van der Waals surface area contributed by atoms with Crippen molar-refractivity contribution < 1.29 is 9.53 Å². The molecule has 0 saturated carbocycles. The molecular formula is C18H23N3O3. The van der Waals surface area contributed by atoms with Gasteiger partial charge in [0.15, 0.2) is 0 Å². The highest BCUT2D eigenvalue weighted by Gasteiger charge is 2.06. The maximum absolute atomic E-state index is 11.9. The van der Waals surface area contributed by atoms with E-state index in [2.05, 4.69) is 10.4 Å². The lowest BCUT2D eigenvalue weighted by Gasteiger charge is -2.08. The Morgan fingerprint density at radius 3 is 2.67 bits per heavy atom. The zero-order valence-corrected chi connectivity index (χ0v) is 14.1. The zero-order chi connectivity index (χ0) is 17.4. The van der Waals surface area contributed by atoms with Gasteiger partial charge in [-0.2, -0.15) is 5.10 Å². The van der Waals surface area contributed by atoms with E-state index in [9.17, 15) is 9.59 Å². The van der Waals surface area contributed by atoms with Gasteiger partial charge >= 0.3 is 0 Å². The Bertz CT molecular complexity index is 723. The number of carbonyl (C=O) groups excluding carboxylic acids is 1. The molecule has 6 nitrogen and oxygen atoms in total. The average molecular weight is 329 g/mol. The number of nitrogens with zero attached hydrogens (tertiary/aromatic N) is 2. The normalized spacial score (nSPS) is 10.6. The highest BCUT2D eigenvalue weighted by molar-refractivity contribution is 5.75. The van der Waals surface area contributed by atoms with Crippen LogP contribution in [-0.2, 0) is 16.1 Å². The van der Waals surface area contributed by atoms with Gasteiger partial charge in [0.05, 0.1) is 12.2 Å². The predicted octanol–water partition coefficient (Wildman–Crippen LogP) is 1.76. The fraction of sp³-hybridized carbons (Fsp3) is 0.389. The van der Waals surface area contributed by atoms with Crippen molar-refractivity contribution in [3.8, 4) is 11.3 Å². The van der Waals surface area contributed by atoms with Crippen molar-refractivity contribution >= 4 is 5.91 Å². The summed E-state index contributed by atoms with van der Waals surface area (Å²) in [5.74, 6) is -0.0967. The lowest BCUT2D eigenvalue weighted by atomic mass is 10.1. The third kappa shape index (κ3) is 5.31. The first kappa shape index (κ1) is 17.9. The highest BCUT2D eigenvalue weighted by Crippen LogP contribution is 2.15. The summed E-state index contributed by atoms with van der Waals surface area (Å²) in [5.41, 5.74) is 2.61. The molecule has 0 atom stereocenters. The maximum Gasteiger partial charge on any atom is 0.266 e. The Labute approximate surface area is 141 Å². The average Bonchev–Trinajstić information content (AvgIpc) is 2.59. The number of ether oxygens (including phenoxy) is 1. The molecule has 0 aliphatic rings. The van der Waals surface area contributed by atoms with Gasteiger partial charge in [0.1, 0.15) is 0 Å². The second-order valence-electron chi connectivity index (χ2n) is 5.59. The Morgan fingerprint density at radius 2 is 1.96 bits per heavy atom. The van der Waals surface area contributed by atoms with Gasteiger partial charge in [-0.3, -0.25) is 9.59 Å². The monoisotopic (exact) mass is 329 g/mol. The number of nitrogens with one attached hydrogen (secondary N) is 1. The summed E-state index contributed by atoms with van der Waals surface area (Å²) in [7, 11) is 1.63. The van der Waals surface area contributed by atoms with Gasteiger partial charge in [0.2, 0.25) is 5.91 Å². The van der Waals surface area contributed by atoms with Crippen LogP contribution in [0.15, 0.2) is 41.2 Å². The minimum absolute atomic E-state index is 0.0967. The van der Waals surface area contributed by atoms with E-state index in [0.717, 1.165) is 23.2 Å². The molecule has 0 saturated heterocycles. The number of aryl methyl sites for hydroxylation is 2. The predicted molar refractivity (Wildman–Crippen MR) is 92.8 cm³/mol. The van der Waals surface area contributed by atoms with Gasteiger partial charge < -0.3 is 10.1 Å². The minimum Gasteiger partial charge on any atom is -0.385 e. The van der Waals surface area contributed by atoms with Crippen LogP contribution in [0.5, 0.6) is 0 Å². The van der Waals surface area contributed by atoms with E-state index < -0.39 is 0 Å². The van der Waals surface area contributed by atoms with Crippen molar-refractivity contribution in [2.24, 2.45) is 0 Å². The van der Waals surface area contributed by atoms with Crippen LogP contribution in [0.25, 0.3) is 11.3 Å². The van der Waals surface area contributed by atoms with Crippen LogP contribution in [0.3, 0.4) is 0 Å². The molecule has 0 fully saturated rings. The molecule has 2 aromatic rings. The van der Waals surface area contributed by atoms with Crippen LogP contribution in [0, 0.1) is 6.92 Å². The number of carbonyl (C=O) groups is 1. The van der Waals surface area contributed by atoms with Gasteiger partial charge in [-0.15, -0.1) is 0 Å². The third-order valence-electron chi connectivity index (χ3n) is 3.61.